The third-order valence-corrected chi connectivity index (χ3v) is 4.75. The van der Waals surface area contributed by atoms with Crippen LogP contribution in [-0.4, -0.2) is 26.3 Å². The first kappa shape index (κ1) is 19.3. The van der Waals surface area contributed by atoms with E-state index in [0.717, 1.165) is 22.3 Å². The van der Waals surface area contributed by atoms with Gasteiger partial charge in [0, 0.05) is 42.1 Å². The monoisotopic (exact) mass is 403 g/mol. The number of aromatic amines is 1. The molecule has 8 nitrogen and oxygen atoms in total. The first-order valence-electron chi connectivity index (χ1n) is 9.43. The third kappa shape index (κ3) is 4.33. The van der Waals surface area contributed by atoms with Crippen LogP contribution in [0.15, 0.2) is 67.1 Å². The fraction of sp³-hybridized carbons (Fsp3) is 0.136. The number of hydrogen-bond acceptors (Lipinski definition) is 4. The molecule has 0 spiro atoms. The maximum Gasteiger partial charge on any atom is 0.269 e. The maximum absolute atomic E-state index is 12.3. The highest BCUT2D eigenvalue weighted by atomic mass is 16.5. The lowest BCUT2D eigenvalue weighted by Gasteiger charge is -2.09. The van der Waals surface area contributed by atoms with Gasteiger partial charge in [0.25, 0.3) is 5.91 Å². The van der Waals surface area contributed by atoms with Gasteiger partial charge < -0.3 is 14.3 Å². The number of hydrazine groups is 1. The van der Waals surface area contributed by atoms with Crippen LogP contribution >= 0.6 is 0 Å². The normalized spacial score (nSPS) is 10.7. The zero-order chi connectivity index (χ0) is 20.9. The topological polar surface area (TPSA) is 101 Å². The number of aromatic nitrogens is 3. The van der Waals surface area contributed by atoms with Gasteiger partial charge in [-0.2, -0.15) is 0 Å². The number of amides is 2. The summed E-state index contributed by atoms with van der Waals surface area (Å²) in [6.07, 6.45) is 5.51. The van der Waals surface area contributed by atoms with Gasteiger partial charge in [0.1, 0.15) is 18.2 Å². The SMILES string of the molecule is Cn1ccnc1COc1ccc(C(=O)NNC(=O)Cc2c[nH]c3ccccc23)cc1. The van der Waals surface area contributed by atoms with E-state index in [0.29, 0.717) is 17.9 Å². The summed E-state index contributed by atoms with van der Waals surface area (Å²) in [5.41, 5.74) is 7.13. The maximum atomic E-state index is 12.3. The number of aryl methyl sites for hydroxylation is 1. The molecule has 2 aromatic heterocycles. The number of hydrogen-bond donors (Lipinski definition) is 3. The number of carbonyl (C=O) groups is 2. The number of carbonyl (C=O) groups excluding carboxylic acids is 2. The van der Waals surface area contributed by atoms with Gasteiger partial charge in [0.05, 0.1) is 6.42 Å². The molecule has 4 aromatic rings. The van der Waals surface area contributed by atoms with Crippen molar-refractivity contribution < 1.29 is 14.3 Å². The van der Waals surface area contributed by atoms with Gasteiger partial charge in [-0.15, -0.1) is 0 Å². The molecule has 2 heterocycles. The highest BCUT2D eigenvalue weighted by Gasteiger charge is 2.11. The fourth-order valence-corrected chi connectivity index (χ4v) is 3.08. The standard InChI is InChI=1S/C22H21N5O3/c1-27-11-10-23-20(27)14-30-17-8-6-15(7-9-17)22(29)26-25-21(28)12-16-13-24-19-5-3-2-4-18(16)19/h2-11,13,24H,12,14H2,1H3,(H,25,28)(H,26,29). The van der Waals surface area contributed by atoms with E-state index in [1.165, 1.54) is 0 Å². The lowest BCUT2D eigenvalue weighted by molar-refractivity contribution is -0.121. The second-order valence-corrected chi connectivity index (χ2v) is 6.81. The van der Waals surface area contributed by atoms with Crippen molar-refractivity contribution in [2.45, 2.75) is 13.0 Å². The highest BCUT2D eigenvalue weighted by Crippen LogP contribution is 2.18. The summed E-state index contributed by atoms with van der Waals surface area (Å²) in [5.74, 6) is 0.716. The molecular formula is C22H21N5O3. The predicted octanol–water partition coefficient (Wildman–Crippen LogP) is 2.48. The van der Waals surface area contributed by atoms with Crippen LogP contribution < -0.4 is 15.6 Å². The van der Waals surface area contributed by atoms with E-state index >= 15 is 0 Å². The number of para-hydroxylation sites is 1. The minimum absolute atomic E-state index is 0.157. The largest absolute Gasteiger partial charge is 0.486 e. The average Bonchev–Trinajstić information content (AvgIpc) is 3.37. The molecule has 0 aliphatic carbocycles. The van der Waals surface area contributed by atoms with Gasteiger partial charge in [0.2, 0.25) is 5.91 Å². The van der Waals surface area contributed by atoms with Crippen molar-refractivity contribution >= 4 is 22.7 Å². The Morgan fingerprint density at radius 1 is 1.10 bits per heavy atom. The molecule has 30 heavy (non-hydrogen) atoms. The molecule has 152 valence electrons. The van der Waals surface area contributed by atoms with E-state index in [9.17, 15) is 9.59 Å². The fourth-order valence-electron chi connectivity index (χ4n) is 3.08. The van der Waals surface area contributed by atoms with Crippen molar-refractivity contribution in [2.24, 2.45) is 7.05 Å². The summed E-state index contributed by atoms with van der Waals surface area (Å²) in [5, 5.41) is 0.986. The van der Waals surface area contributed by atoms with Crippen LogP contribution in [0, 0.1) is 0 Å². The van der Waals surface area contributed by atoms with Crippen molar-refractivity contribution in [1.29, 1.82) is 0 Å². The number of fused-ring (bicyclic) bond motifs is 1. The molecule has 4 rings (SSSR count). The van der Waals surface area contributed by atoms with Crippen molar-refractivity contribution in [3.05, 3.63) is 84.1 Å². The zero-order valence-corrected chi connectivity index (χ0v) is 16.4. The van der Waals surface area contributed by atoms with Gasteiger partial charge in [-0.1, -0.05) is 18.2 Å². The summed E-state index contributed by atoms with van der Waals surface area (Å²) in [7, 11) is 1.89. The number of imidazole rings is 1. The Bertz CT molecular complexity index is 1180. The first-order chi connectivity index (χ1) is 14.6. The van der Waals surface area contributed by atoms with Crippen LogP contribution in [0.4, 0.5) is 0 Å². The average molecular weight is 403 g/mol. The van der Waals surface area contributed by atoms with E-state index in [-0.39, 0.29) is 12.3 Å². The number of nitrogens with one attached hydrogen (secondary N) is 3. The summed E-state index contributed by atoms with van der Waals surface area (Å²) >= 11 is 0. The van der Waals surface area contributed by atoms with Crippen molar-refractivity contribution in [3.8, 4) is 5.75 Å². The molecule has 0 bridgehead atoms. The molecule has 0 fully saturated rings. The Morgan fingerprint density at radius 3 is 2.67 bits per heavy atom. The molecule has 0 unspecified atom stereocenters. The van der Waals surface area contributed by atoms with E-state index in [1.54, 1.807) is 36.7 Å². The molecule has 3 N–H and O–H groups in total. The Hall–Kier alpha value is -4.07. The van der Waals surface area contributed by atoms with Gasteiger partial charge in [-0.3, -0.25) is 20.4 Å². The van der Waals surface area contributed by atoms with E-state index in [4.69, 9.17) is 4.74 Å². The van der Waals surface area contributed by atoms with Gasteiger partial charge in [0.15, 0.2) is 0 Å². The minimum atomic E-state index is -0.405. The Labute approximate surface area is 172 Å². The van der Waals surface area contributed by atoms with Gasteiger partial charge in [-0.05, 0) is 35.9 Å². The lowest BCUT2D eigenvalue weighted by atomic mass is 10.1. The van der Waals surface area contributed by atoms with Crippen molar-refractivity contribution in [2.75, 3.05) is 0 Å². The number of rotatable bonds is 6. The summed E-state index contributed by atoms with van der Waals surface area (Å²) in [6, 6.07) is 14.4. The van der Waals surface area contributed by atoms with Crippen LogP contribution in [0.5, 0.6) is 5.75 Å². The van der Waals surface area contributed by atoms with Crippen molar-refractivity contribution in [3.63, 3.8) is 0 Å². The first-order valence-corrected chi connectivity index (χ1v) is 9.43. The second kappa shape index (κ2) is 8.52. The van der Waals surface area contributed by atoms with Crippen LogP contribution in [0.3, 0.4) is 0 Å². The molecule has 0 saturated heterocycles. The minimum Gasteiger partial charge on any atom is -0.486 e. The second-order valence-electron chi connectivity index (χ2n) is 6.81. The van der Waals surface area contributed by atoms with E-state index < -0.39 is 5.91 Å². The van der Waals surface area contributed by atoms with Crippen LogP contribution in [0.2, 0.25) is 0 Å². The summed E-state index contributed by atoms with van der Waals surface area (Å²) in [4.78, 5) is 31.8. The zero-order valence-electron chi connectivity index (χ0n) is 16.4. The molecule has 2 aromatic carbocycles. The molecule has 0 aliphatic rings. The number of nitrogens with zero attached hydrogens (tertiary/aromatic N) is 2. The van der Waals surface area contributed by atoms with Crippen LogP contribution in [-0.2, 0) is 24.9 Å². The summed E-state index contributed by atoms with van der Waals surface area (Å²) in [6.45, 7) is 0.332. The number of benzene rings is 2. The van der Waals surface area contributed by atoms with Gasteiger partial charge >= 0.3 is 0 Å². The third-order valence-electron chi connectivity index (χ3n) is 4.75. The molecule has 0 atom stereocenters. The molecule has 2 amide bonds. The quantitative estimate of drug-likeness (QED) is 0.431. The van der Waals surface area contributed by atoms with E-state index in [2.05, 4.69) is 20.8 Å². The molecule has 0 aliphatic heterocycles. The molecule has 0 radical (unpaired) electrons. The van der Waals surface area contributed by atoms with Gasteiger partial charge in [-0.25, -0.2) is 4.98 Å². The van der Waals surface area contributed by atoms with Crippen LogP contribution in [0.1, 0.15) is 21.7 Å². The Kier molecular flexibility index (Phi) is 5.47. The highest BCUT2D eigenvalue weighted by molar-refractivity contribution is 5.96. The Morgan fingerprint density at radius 2 is 1.90 bits per heavy atom. The molecule has 0 saturated carbocycles. The smallest absolute Gasteiger partial charge is 0.269 e. The summed E-state index contributed by atoms with van der Waals surface area (Å²) < 4.78 is 7.55. The number of H-pyrrole nitrogens is 1. The number of ether oxygens (including phenoxy) is 1. The predicted molar refractivity (Wildman–Crippen MR) is 112 cm³/mol. The molecule has 8 heteroatoms. The van der Waals surface area contributed by atoms with E-state index in [1.807, 2.05) is 42.1 Å². The molecular weight excluding hydrogens is 382 g/mol. The Balaban J connectivity index is 1.28. The van der Waals surface area contributed by atoms with Crippen molar-refractivity contribution in [1.82, 2.24) is 25.4 Å². The van der Waals surface area contributed by atoms with Crippen LogP contribution in [0.25, 0.3) is 10.9 Å². The lowest BCUT2D eigenvalue weighted by Crippen LogP contribution is -2.42.